The van der Waals surface area contributed by atoms with Gasteiger partial charge in [-0.2, -0.15) is 13.2 Å². The number of nitrogens with one attached hydrogen (secondary N) is 2. The molecule has 2 N–H and O–H groups in total. The second-order valence-corrected chi connectivity index (χ2v) is 7.44. The zero-order valence-electron chi connectivity index (χ0n) is 16.2. The van der Waals surface area contributed by atoms with Crippen molar-refractivity contribution in [1.29, 1.82) is 0 Å². The molecule has 0 fully saturated rings. The summed E-state index contributed by atoms with van der Waals surface area (Å²) in [6, 6.07) is 3.96. The van der Waals surface area contributed by atoms with Crippen LogP contribution in [0.25, 0.3) is 22.6 Å². The van der Waals surface area contributed by atoms with Crippen molar-refractivity contribution >= 4 is 34.6 Å². The van der Waals surface area contributed by atoms with Gasteiger partial charge in [0.25, 0.3) is 0 Å². The van der Waals surface area contributed by atoms with Gasteiger partial charge in [0.05, 0.1) is 16.7 Å². The van der Waals surface area contributed by atoms with E-state index in [1.165, 1.54) is 25.7 Å². The maximum atomic E-state index is 13.1. The number of hydrogen-bond acceptors (Lipinski definition) is 5. The maximum absolute atomic E-state index is 13.1. The van der Waals surface area contributed by atoms with Gasteiger partial charge in [-0.25, -0.2) is 19.7 Å². The minimum atomic E-state index is -4.56. The van der Waals surface area contributed by atoms with Crippen LogP contribution in [-0.2, 0) is 13.2 Å². The van der Waals surface area contributed by atoms with Gasteiger partial charge in [-0.05, 0) is 30.9 Å². The Bertz CT molecular complexity index is 1080. The Hall–Kier alpha value is -2.82. The van der Waals surface area contributed by atoms with Gasteiger partial charge in [-0.1, -0.05) is 6.92 Å². The minimum absolute atomic E-state index is 0.182. The van der Waals surface area contributed by atoms with Crippen LogP contribution in [0.2, 0.25) is 0 Å². The topological polar surface area (TPSA) is 84.7 Å². The molecule has 0 aliphatic carbocycles. The number of aryl methyl sites for hydroxylation is 2. The molecule has 0 saturated carbocycles. The molecule has 3 heterocycles. The fraction of sp³-hybridized carbons (Fsp3) is 0.333. The van der Waals surface area contributed by atoms with Crippen molar-refractivity contribution in [3.05, 3.63) is 29.6 Å². The number of thioether (sulfide) groups is 1. The summed E-state index contributed by atoms with van der Waals surface area (Å²) in [6.07, 6.45) is -4.56. The normalized spacial score (nSPS) is 11.7. The molecule has 0 radical (unpaired) electrons. The van der Waals surface area contributed by atoms with Crippen molar-refractivity contribution in [3.8, 4) is 11.5 Å². The van der Waals surface area contributed by atoms with Gasteiger partial charge in [0, 0.05) is 19.0 Å². The van der Waals surface area contributed by atoms with E-state index in [1.807, 2.05) is 6.92 Å². The number of halogens is 3. The number of carbonyl (C=O) groups is 1. The van der Waals surface area contributed by atoms with Gasteiger partial charge in [-0.3, -0.25) is 5.32 Å². The number of pyridine rings is 2. The summed E-state index contributed by atoms with van der Waals surface area (Å²) in [5, 5.41) is 5.04. The van der Waals surface area contributed by atoms with Gasteiger partial charge in [-0.15, -0.1) is 11.8 Å². The molecule has 0 aliphatic heterocycles. The third-order valence-corrected chi connectivity index (χ3v) is 5.08. The van der Waals surface area contributed by atoms with Gasteiger partial charge in [0.2, 0.25) is 0 Å². The first-order valence-electron chi connectivity index (χ1n) is 8.70. The Morgan fingerprint density at radius 2 is 1.97 bits per heavy atom. The molecule has 29 heavy (non-hydrogen) atoms. The summed E-state index contributed by atoms with van der Waals surface area (Å²) in [4.78, 5) is 25.0. The standard InChI is InChI=1S/C18H19F3N6OS/c1-5-29-11-6-7-13(26-17(28)22-3)25-14(11)16-24-10-8-12(18(19,20)21)23-9(2)15(10)27(16)4/h6-8H,5H2,1-4H3,(H2,22,25,26,28). The predicted molar refractivity (Wildman–Crippen MR) is 106 cm³/mol. The van der Waals surface area contributed by atoms with E-state index in [2.05, 4.69) is 25.6 Å². The maximum Gasteiger partial charge on any atom is 0.433 e. The number of aromatic nitrogens is 4. The lowest BCUT2D eigenvalue weighted by atomic mass is 10.2. The van der Waals surface area contributed by atoms with Crippen molar-refractivity contribution in [1.82, 2.24) is 24.8 Å². The number of alkyl halides is 3. The Morgan fingerprint density at radius 1 is 1.24 bits per heavy atom. The molecule has 3 aromatic heterocycles. The number of nitrogens with zero attached hydrogens (tertiary/aromatic N) is 4. The summed E-state index contributed by atoms with van der Waals surface area (Å²) in [7, 11) is 3.19. The highest BCUT2D eigenvalue weighted by Gasteiger charge is 2.34. The van der Waals surface area contributed by atoms with E-state index in [9.17, 15) is 18.0 Å². The lowest BCUT2D eigenvalue weighted by Gasteiger charge is -2.11. The molecule has 11 heteroatoms. The van der Waals surface area contributed by atoms with Gasteiger partial charge in [0.1, 0.15) is 17.2 Å². The quantitative estimate of drug-likeness (QED) is 0.613. The third-order valence-electron chi connectivity index (χ3n) is 4.16. The number of rotatable bonds is 4. The average Bonchev–Trinajstić information content (AvgIpc) is 2.99. The summed E-state index contributed by atoms with van der Waals surface area (Å²) >= 11 is 1.52. The van der Waals surface area contributed by atoms with E-state index in [0.717, 1.165) is 16.7 Å². The van der Waals surface area contributed by atoms with Crippen LogP contribution in [0.15, 0.2) is 23.1 Å². The van der Waals surface area contributed by atoms with Crippen LogP contribution < -0.4 is 10.6 Å². The minimum Gasteiger partial charge on any atom is -0.341 e. The number of imidazole rings is 1. The first-order chi connectivity index (χ1) is 13.7. The first kappa shape index (κ1) is 20.9. The summed E-state index contributed by atoms with van der Waals surface area (Å²) in [6.45, 7) is 3.49. The van der Waals surface area contributed by atoms with Gasteiger partial charge in [0.15, 0.2) is 5.82 Å². The van der Waals surface area contributed by atoms with Crippen LogP contribution in [0.5, 0.6) is 0 Å². The Kier molecular flexibility index (Phi) is 5.69. The van der Waals surface area contributed by atoms with Crippen molar-refractivity contribution in [3.63, 3.8) is 0 Å². The lowest BCUT2D eigenvalue weighted by molar-refractivity contribution is -0.141. The van der Waals surface area contributed by atoms with E-state index in [4.69, 9.17) is 0 Å². The molecule has 0 bridgehead atoms. The number of anilines is 1. The highest BCUT2D eigenvalue weighted by atomic mass is 32.2. The smallest absolute Gasteiger partial charge is 0.341 e. The summed E-state index contributed by atoms with van der Waals surface area (Å²) in [5.41, 5.74) is 0.379. The Labute approximate surface area is 169 Å². The molecule has 3 rings (SSSR count). The van der Waals surface area contributed by atoms with E-state index in [-0.39, 0.29) is 11.2 Å². The Morgan fingerprint density at radius 3 is 2.59 bits per heavy atom. The van der Waals surface area contributed by atoms with Crippen LogP contribution in [0.1, 0.15) is 18.3 Å². The highest BCUT2D eigenvalue weighted by Crippen LogP contribution is 2.35. The zero-order valence-corrected chi connectivity index (χ0v) is 17.0. The number of urea groups is 1. The highest BCUT2D eigenvalue weighted by molar-refractivity contribution is 7.99. The van der Waals surface area contributed by atoms with Crippen molar-refractivity contribution in [2.45, 2.75) is 24.9 Å². The molecule has 0 unspecified atom stereocenters. The lowest BCUT2D eigenvalue weighted by Crippen LogP contribution is -2.25. The van der Waals surface area contributed by atoms with Gasteiger partial charge >= 0.3 is 12.2 Å². The number of hydrogen-bond donors (Lipinski definition) is 2. The molecule has 0 aliphatic rings. The second-order valence-electron chi connectivity index (χ2n) is 6.13. The fourth-order valence-electron chi connectivity index (χ4n) is 2.93. The van der Waals surface area contributed by atoms with Crippen molar-refractivity contribution in [2.24, 2.45) is 7.05 Å². The Balaban J connectivity index is 2.20. The van der Waals surface area contributed by atoms with Gasteiger partial charge < -0.3 is 9.88 Å². The van der Waals surface area contributed by atoms with Crippen LogP contribution in [-0.4, -0.2) is 38.4 Å². The molecular formula is C18H19F3N6OS. The molecule has 154 valence electrons. The van der Waals surface area contributed by atoms with Crippen LogP contribution >= 0.6 is 11.8 Å². The summed E-state index contributed by atoms with van der Waals surface area (Å²) < 4.78 is 41.1. The molecule has 3 aromatic rings. The van der Waals surface area contributed by atoms with E-state index in [1.54, 1.807) is 23.7 Å². The van der Waals surface area contributed by atoms with Crippen LogP contribution in [0.4, 0.5) is 23.8 Å². The van der Waals surface area contributed by atoms with Crippen LogP contribution in [0.3, 0.4) is 0 Å². The summed E-state index contributed by atoms with van der Waals surface area (Å²) in [5.74, 6) is 1.46. The zero-order chi connectivity index (χ0) is 21.3. The molecule has 2 amide bonds. The third kappa shape index (κ3) is 4.14. The molecule has 7 nitrogen and oxygen atoms in total. The molecule has 0 spiro atoms. The molecular weight excluding hydrogens is 405 g/mol. The predicted octanol–water partition coefficient (Wildman–Crippen LogP) is 4.22. The molecule has 0 saturated heterocycles. The molecule has 0 aromatic carbocycles. The van der Waals surface area contributed by atoms with Crippen LogP contribution in [0, 0.1) is 6.92 Å². The monoisotopic (exact) mass is 424 g/mol. The number of fused-ring (bicyclic) bond motifs is 1. The van der Waals surface area contributed by atoms with E-state index < -0.39 is 17.9 Å². The average molecular weight is 424 g/mol. The SMILES string of the molecule is CCSc1ccc(NC(=O)NC)nc1-c1nc2cc(C(F)(F)F)nc(C)c2n1C. The van der Waals surface area contributed by atoms with Crippen molar-refractivity contribution < 1.29 is 18.0 Å². The molecule has 0 atom stereocenters. The fourth-order valence-corrected chi connectivity index (χ4v) is 3.68. The number of carbonyl (C=O) groups excluding carboxylic acids is 1. The number of amides is 2. The second kappa shape index (κ2) is 7.90. The largest absolute Gasteiger partial charge is 0.433 e. The van der Waals surface area contributed by atoms with E-state index in [0.29, 0.717) is 22.9 Å². The van der Waals surface area contributed by atoms with E-state index >= 15 is 0 Å². The first-order valence-corrected chi connectivity index (χ1v) is 9.68. The van der Waals surface area contributed by atoms with Crippen molar-refractivity contribution in [2.75, 3.05) is 18.1 Å².